The molecule has 4 heteroatoms. The standard InChI is InChI=1S/C11H9BrFNO/c12-10-8(15)3-2-7(13)9(10)11(6-14)4-1-5-11/h2-3,15H,1,4-5H2. The third-order valence-corrected chi connectivity index (χ3v) is 3.77. The first-order valence-corrected chi connectivity index (χ1v) is 5.49. The number of halogens is 2. The van der Waals surface area contributed by atoms with Crippen LogP contribution in [0.4, 0.5) is 4.39 Å². The van der Waals surface area contributed by atoms with E-state index in [1.807, 2.05) is 0 Å². The lowest BCUT2D eigenvalue weighted by molar-refractivity contribution is 0.309. The minimum Gasteiger partial charge on any atom is -0.507 e. The Kier molecular flexibility index (Phi) is 2.43. The summed E-state index contributed by atoms with van der Waals surface area (Å²) in [5.41, 5.74) is -0.446. The number of nitrogens with zero attached hydrogens (tertiary/aromatic N) is 1. The summed E-state index contributed by atoms with van der Waals surface area (Å²) < 4.78 is 14.0. The van der Waals surface area contributed by atoms with Crippen molar-refractivity contribution in [3.8, 4) is 11.8 Å². The van der Waals surface area contributed by atoms with Crippen LogP contribution in [0.15, 0.2) is 16.6 Å². The molecule has 0 aliphatic heterocycles. The van der Waals surface area contributed by atoms with Crippen molar-refractivity contribution >= 4 is 15.9 Å². The zero-order chi connectivity index (χ0) is 11.1. The van der Waals surface area contributed by atoms with E-state index in [9.17, 15) is 9.50 Å². The van der Waals surface area contributed by atoms with Crippen LogP contribution in [0.25, 0.3) is 0 Å². The monoisotopic (exact) mass is 269 g/mol. The van der Waals surface area contributed by atoms with Gasteiger partial charge in [0.05, 0.1) is 16.0 Å². The molecule has 0 heterocycles. The second-order valence-electron chi connectivity index (χ2n) is 3.80. The van der Waals surface area contributed by atoms with Crippen molar-refractivity contribution in [2.24, 2.45) is 0 Å². The highest BCUT2D eigenvalue weighted by molar-refractivity contribution is 9.10. The maximum Gasteiger partial charge on any atom is 0.130 e. The molecule has 1 N–H and O–H groups in total. The van der Waals surface area contributed by atoms with Crippen LogP contribution in [0, 0.1) is 17.1 Å². The van der Waals surface area contributed by atoms with E-state index in [1.54, 1.807) is 0 Å². The first kappa shape index (κ1) is 10.4. The van der Waals surface area contributed by atoms with Gasteiger partial charge < -0.3 is 5.11 Å². The molecule has 0 aromatic heterocycles. The molecule has 15 heavy (non-hydrogen) atoms. The van der Waals surface area contributed by atoms with Crippen molar-refractivity contribution < 1.29 is 9.50 Å². The van der Waals surface area contributed by atoms with E-state index in [-0.39, 0.29) is 5.75 Å². The van der Waals surface area contributed by atoms with Crippen molar-refractivity contribution in [2.45, 2.75) is 24.7 Å². The first-order chi connectivity index (χ1) is 7.10. The minimum atomic E-state index is -0.748. The highest BCUT2D eigenvalue weighted by Crippen LogP contribution is 2.48. The van der Waals surface area contributed by atoms with Gasteiger partial charge in [-0.3, -0.25) is 0 Å². The van der Waals surface area contributed by atoms with Crippen LogP contribution < -0.4 is 0 Å². The van der Waals surface area contributed by atoms with E-state index in [1.165, 1.54) is 12.1 Å². The van der Waals surface area contributed by atoms with Gasteiger partial charge in [0.2, 0.25) is 0 Å². The summed E-state index contributed by atoms with van der Waals surface area (Å²) in [6.45, 7) is 0. The van der Waals surface area contributed by atoms with E-state index in [0.717, 1.165) is 6.42 Å². The molecule has 1 aliphatic carbocycles. The second kappa shape index (κ2) is 3.49. The van der Waals surface area contributed by atoms with Gasteiger partial charge in [-0.05, 0) is 47.3 Å². The fourth-order valence-electron chi connectivity index (χ4n) is 1.93. The molecule has 1 aromatic carbocycles. The highest BCUT2D eigenvalue weighted by Gasteiger charge is 2.43. The molecule has 2 nitrogen and oxygen atoms in total. The van der Waals surface area contributed by atoms with Gasteiger partial charge in [-0.15, -0.1) is 0 Å². The minimum absolute atomic E-state index is 0.0204. The van der Waals surface area contributed by atoms with Gasteiger partial charge >= 0.3 is 0 Å². The summed E-state index contributed by atoms with van der Waals surface area (Å²) in [5.74, 6) is -0.450. The second-order valence-corrected chi connectivity index (χ2v) is 4.60. The number of nitriles is 1. The molecule has 0 spiro atoms. The molecule has 0 atom stereocenters. The maximum atomic E-state index is 13.6. The summed E-state index contributed by atoms with van der Waals surface area (Å²) in [6, 6.07) is 4.64. The number of benzene rings is 1. The average Bonchev–Trinajstić information content (AvgIpc) is 2.16. The van der Waals surface area contributed by atoms with E-state index < -0.39 is 11.2 Å². The number of rotatable bonds is 1. The Morgan fingerprint density at radius 1 is 1.47 bits per heavy atom. The molecule has 1 fully saturated rings. The van der Waals surface area contributed by atoms with Crippen LogP contribution in [0.2, 0.25) is 0 Å². The third-order valence-electron chi connectivity index (χ3n) is 2.97. The fraction of sp³-hybridized carbons (Fsp3) is 0.364. The molecule has 0 saturated heterocycles. The summed E-state index contributed by atoms with van der Waals surface area (Å²) in [4.78, 5) is 0. The highest BCUT2D eigenvalue weighted by atomic mass is 79.9. The van der Waals surface area contributed by atoms with Gasteiger partial charge in [0.15, 0.2) is 0 Å². The van der Waals surface area contributed by atoms with E-state index in [2.05, 4.69) is 22.0 Å². The Balaban J connectivity index is 2.62. The molecule has 0 radical (unpaired) electrons. The quantitative estimate of drug-likeness (QED) is 0.851. The van der Waals surface area contributed by atoms with Crippen molar-refractivity contribution in [3.63, 3.8) is 0 Å². The Hall–Kier alpha value is -1.08. The SMILES string of the molecule is N#CC1(c2c(F)ccc(O)c2Br)CCC1. The van der Waals surface area contributed by atoms with Crippen molar-refractivity contribution in [1.82, 2.24) is 0 Å². The first-order valence-electron chi connectivity index (χ1n) is 4.69. The lowest BCUT2D eigenvalue weighted by Crippen LogP contribution is -2.33. The lowest BCUT2D eigenvalue weighted by atomic mass is 9.65. The zero-order valence-corrected chi connectivity index (χ0v) is 9.51. The van der Waals surface area contributed by atoms with Crippen molar-refractivity contribution in [2.75, 3.05) is 0 Å². The summed E-state index contributed by atoms with van der Waals surface area (Å²) in [5, 5.41) is 18.6. The Labute approximate surface area is 95.5 Å². The molecular formula is C11H9BrFNO. The fourth-order valence-corrected chi connectivity index (χ4v) is 2.63. The zero-order valence-electron chi connectivity index (χ0n) is 7.93. The van der Waals surface area contributed by atoms with E-state index in [0.29, 0.717) is 22.9 Å². The van der Waals surface area contributed by atoms with Crippen molar-refractivity contribution in [1.29, 1.82) is 5.26 Å². The molecule has 0 amide bonds. The number of aromatic hydroxyl groups is 1. The Morgan fingerprint density at radius 3 is 2.60 bits per heavy atom. The largest absolute Gasteiger partial charge is 0.507 e. The van der Waals surface area contributed by atoms with E-state index in [4.69, 9.17) is 5.26 Å². The van der Waals surface area contributed by atoms with Gasteiger partial charge in [-0.1, -0.05) is 0 Å². The summed E-state index contributed by atoms with van der Waals surface area (Å²) in [7, 11) is 0. The predicted octanol–water partition coefficient (Wildman–Crippen LogP) is 3.24. The van der Waals surface area contributed by atoms with Crippen LogP contribution >= 0.6 is 15.9 Å². The van der Waals surface area contributed by atoms with Crippen LogP contribution in [0.5, 0.6) is 5.75 Å². The van der Waals surface area contributed by atoms with Crippen LogP contribution in [-0.2, 0) is 5.41 Å². The van der Waals surface area contributed by atoms with E-state index >= 15 is 0 Å². The topological polar surface area (TPSA) is 44.0 Å². The van der Waals surface area contributed by atoms with Gasteiger partial charge in [0.25, 0.3) is 0 Å². The number of phenolic OH excluding ortho intramolecular Hbond substituents is 1. The third kappa shape index (κ3) is 1.42. The molecule has 2 rings (SSSR count). The van der Waals surface area contributed by atoms with Gasteiger partial charge in [-0.25, -0.2) is 4.39 Å². The molecular weight excluding hydrogens is 261 g/mol. The molecule has 1 saturated carbocycles. The molecule has 78 valence electrons. The maximum absolute atomic E-state index is 13.6. The Morgan fingerprint density at radius 2 is 2.13 bits per heavy atom. The van der Waals surface area contributed by atoms with Gasteiger partial charge in [0, 0.05) is 5.56 Å². The smallest absolute Gasteiger partial charge is 0.130 e. The summed E-state index contributed by atoms with van der Waals surface area (Å²) in [6.07, 6.45) is 2.24. The molecule has 0 bridgehead atoms. The molecule has 1 aromatic rings. The number of phenols is 1. The molecule has 1 aliphatic rings. The number of hydrogen-bond acceptors (Lipinski definition) is 2. The van der Waals surface area contributed by atoms with Crippen LogP contribution in [0.3, 0.4) is 0 Å². The number of hydrogen-bond donors (Lipinski definition) is 1. The van der Waals surface area contributed by atoms with Gasteiger partial charge in [-0.2, -0.15) is 5.26 Å². The normalized spacial score (nSPS) is 17.9. The van der Waals surface area contributed by atoms with Crippen LogP contribution in [-0.4, -0.2) is 5.11 Å². The van der Waals surface area contributed by atoms with Crippen molar-refractivity contribution in [3.05, 3.63) is 28.0 Å². The Bertz CT molecular complexity index is 449. The lowest BCUT2D eigenvalue weighted by Gasteiger charge is -2.36. The average molecular weight is 270 g/mol. The van der Waals surface area contributed by atoms with Gasteiger partial charge in [0.1, 0.15) is 11.6 Å². The predicted molar refractivity (Wildman–Crippen MR) is 56.9 cm³/mol. The summed E-state index contributed by atoms with van der Waals surface area (Å²) >= 11 is 3.14. The molecule has 0 unspecified atom stereocenters. The van der Waals surface area contributed by atoms with Crippen LogP contribution in [0.1, 0.15) is 24.8 Å².